The first-order valence-corrected chi connectivity index (χ1v) is 4.78. The second kappa shape index (κ2) is 3.18. The molecule has 2 aliphatic heterocycles. The molecular formula is C9H15NO3. The monoisotopic (exact) mass is 185 g/mol. The molecule has 0 saturated carbocycles. The second-order valence-corrected chi connectivity index (χ2v) is 4.11. The average molecular weight is 185 g/mol. The molecule has 2 saturated heterocycles. The molecule has 2 aliphatic rings. The SMILES string of the molecule is O=C(O)N1CC[C@@]2(CCCOC2)C1. The summed E-state index contributed by atoms with van der Waals surface area (Å²) in [7, 11) is 0. The molecule has 13 heavy (non-hydrogen) atoms. The highest BCUT2D eigenvalue weighted by molar-refractivity contribution is 5.65. The van der Waals surface area contributed by atoms with Crippen molar-refractivity contribution >= 4 is 6.09 Å². The number of rotatable bonds is 0. The Kier molecular flexibility index (Phi) is 2.15. The average Bonchev–Trinajstić information content (AvgIpc) is 2.51. The van der Waals surface area contributed by atoms with Gasteiger partial charge in [0.15, 0.2) is 0 Å². The van der Waals surface area contributed by atoms with Gasteiger partial charge in [0.25, 0.3) is 0 Å². The smallest absolute Gasteiger partial charge is 0.407 e. The predicted molar refractivity (Wildman–Crippen MR) is 46.7 cm³/mol. The van der Waals surface area contributed by atoms with Crippen molar-refractivity contribution in [3.05, 3.63) is 0 Å². The van der Waals surface area contributed by atoms with Gasteiger partial charge in [-0.25, -0.2) is 4.79 Å². The van der Waals surface area contributed by atoms with Gasteiger partial charge in [-0.2, -0.15) is 0 Å². The Morgan fingerprint density at radius 1 is 1.46 bits per heavy atom. The first kappa shape index (κ1) is 8.81. The zero-order chi connectivity index (χ0) is 9.31. The van der Waals surface area contributed by atoms with E-state index in [1.165, 1.54) is 4.90 Å². The van der Waals surface area contributed by atoms with Crippen LogP contribution in [-0.4, -0.2) is 42.4 Å². The molecule has 2 fully saturated rings. The molecule has 0 unspecified atom stereocenters. The zero-order valence-corrected chi connectivity index (χ0v) is 7.66. The third-order valence-corrected chi connectivity index (χ3v) is 3.11. The molecule has 0 aromatic heterocycles. The van der Waals surface area contributed by atoms with E-state index in [1.54, 1.807) is 0 Å². The van der Waals surface area contributed by atoms with Crippen LogP contribution in [0.2, 0.25) is 0 Å². The highest BCUT2D eigenvalue weighted by Gasteiger charge is 2.41. The van der Waals surface area contributed by atoms with Crippen LogP contribution in [0.25, 0.3) is 0 Å². The van der Waals surface area contributed by atoms with Gasteiger partial charge in [0.2, 0.25) is 0 Å². The fourth-order valence-electron chi connectivity index (χ4n) is 2.33. The van der Waals surface area contributed by atoms with Crippen LogP contribution in [0.3, 0.4) is 0 Å². The number of carbonyl (C=O) groups is 1. The Labute approximate surface area is 77.5 Å². The van der Waals surface area contributed by atoms with E-state index >= 15 is 0 Å². The molecule has 74 valence electrons. The van der Waals surface area contributed by atoms with Gasteiger partial charge in [-0.15, -0.1) is 0 Å². The summed E-state index contributed by atoms with van der Waals surface area (Å²) in [5, 5.41) is 8.81. The topological polar surface area (TPSA) is 49.8 Å². The van der Waals surface area contributed by atoms with Crippen molar-refractivity contribution in [2.45, 2.75) is 19.3 Å². The molecule has 4 heteroatoms. The van der Waals surface area contributed by atoms with Crippen molar-refractivity contribution in [2.24, 2.45) is 5.41 Å². The number of hydrogen-bond acceptors (Lipinski definition) is 2. The lowest BCUT2D eigenvalue weighted by Crippen LogP contribution is -2.36. The van der Waals surface area contributed by atoms with Gasteiger partial charge < -0.3 is 14.7 Å². The highest BCUT2D eigenvalue weighted by Crippen LogP contribution is 2.37. The molecule has 4 nitrogen and oxygen atoms in total. The lowest BCUT2D eigenvalue weighted by molar-refractivity contribution is -0.00142. The molecule has 0 radical (unpaired) electrons. The maximum atomic E-state index is 10.7. The largest absolute Gasteiger partial charge is 0.465 e. The number of hydrogen-bond donors (Lipinski definition) is 1. The standard InChI is InChI=1S/C9H15NO3/c11-8(12)10-4-3-9(6-10)2-1-5-13-7-9/h1-7H2,(H,11,12)/t9-/m0/s1. The Morgan fingerprint density at radius 2 is 2.31 bits per heavy atom. The molecule has 0 aromatic rings. The Morgan fingerprint density at radius 3 is 2.85 bits per heavy atom. The number of nitrogens with zero attached hydrogens (tertiary/aromatic N) is 1. The molecule has 0 aliphatic carbocycles. The summed E-state index contributed by atoms with van der Waals surface area (Å²) in [6, 6.07) is 0. The van der Waals surface area contributed by atoms with Crippen molar-refractivity contribution in [2.75, 3.05) is 26.3 Å². The Hall–Kier alpha value is -0.770. The van der Waals surface area contributed by atoms with Crippen molar-refractivity contribution in [3.8, 4) is 0 Å². The third kappa shape index (κ3) is 1.63. The molecule has 1 N–H and O–H groups in total. The van der Waals surface area contributed by atoms with Gasteiger partial charge in [-0.05, 0) is 19.3 Å². The quantitative estimate of drug-likeness (QED) is 0.616. The van der Waals surface area contributed by atoms with Gasteiger partial charge in [0.05, 0.1) is 6.61 Å². The van der Waals surface area contributed by atoms with E-state index in [0.717, 1.165) is 32.5 Å². The van der Waals surface area contributed by atoms with E-state index in [-0.39, 0.29) is 5.41 Å². The fourth-order valence-corrected chi connectivity index (χ4v) is 2.33. The second-order valence-electron chi connectivity index (χ2n) is 4.11. The molecule has 1 atom stereocenters. The molecule has 1 amide bonds. The van der Waals surface area contributed by atoms with Crippen LogP contribution in [0.4, 0.5) is 4.79 Å². The van der Waals surface area contributed by atoms with Crippen LogP contribution in [-0.2, 0) is 4.74 Å². The minimum absolute atomic E-state index is 0.149. The maximum Gasteiger partial charge on any atom is 0.407 e. The van der Waals surface area contributed by atoms with E-state index in [1.807, 2.05) is 0 Å². The molecule has 0 aromatic carbocycles. The van der Waals surface area contributed by atoms with E-state index in [4.69, 9.17) is 9.84 Å². The Bertz CT molecular complexity index is 211. The van der Waals surface area contributed by atoms with Gasteiger partial charge in [-0.1, -0.05) is 0 Å². The van der Waals surface area contributed by atoms with Gasteiger partial charge in [0.1, 0.15) is 0 Å². The van der Waals surface area contributed by atoms with E-state index < -0.39 is 6.09 Å². The number of carboxylic acid groups (broad SMARTS) is 1. The normalized spacial score (nSPS) is 34.0. The summed E-state index contributed by atoms with van der Waals surface area (Å²) in [6.07, 6.45) is 2.38. The minimum atomic E-state index is -0.789. The summed E-state index contributed by atoms with van der Waals surface area (Å²) < 4.78 is 5.42. The minimum Gasteiger partial charge on any atom is -0.465 e. The summed E-state index contributed by atoms with van der Waals surface area (Å²) in [5.74, 6) is 0. The summed E-state index contributed by atoms with van der Waals surface area (Å²) in [5.41, 5.74) is 0.149. The van der Waals surface area contributed by atoms with E-state index in [9.17, 15) is 4.79 Å². The van der Waals surface area contributed by atoms with Gasteiger partial charge >= 0.3 is 6.09 Å². The van der Waals surface area contributed by atoms with Crippen molar-refractivity contribution < 1.29 is 14.6 Å². The van der Waals surface area contributed by atoms with Crippen LogP contribution in [0.1, 0.15) is 19.3 Å². The molecular weight excluding hydrogens is 170 g/mol. The van der Waals surface area contributed by atoms with E-state index in [0.29, 0.717) is 13.1 Å². The van der Waals surface area contributed by atoms with Crippen LogP contribution in [0.5, 0.6) is 0 Å². The lowest BCUT2D eigenvalue weighted by atomic mass is 9.82. The van der Waals surface area contributed by atoms with Crippen LogP contribution in [0.15, 0.2) is 0 Å². The summed E-state index contributed by atoms with van der Waals surface area (Å²) in [4.78, 5) is 12.2. The number of likely N-dealkylation sites (tertiary alicyclic amines) is 1. The van der Waals surface area contributed by atoms with E-state index in [2.05, 4.69) is 0 Å². The zero-order valence-electron chi connectivity index (χ0n) is 7.66. The Balaban J connectivity index is 1.98. The molecule has 0 bridgehead atoms. The first-order chi connectivity index (χ1) is 6.22. The number of ether oxygens (including phenoxy) is 1. The van der Waals surface area contributed by atoms with Crippen molar-refractivity contribution in [1.29, 1.82) is 0 Å². The van der Waals surface area contributed by atoms with Crippen LogP contribution in [0, 0.1) is 5.41 Å². The van der Waals surface area contributed by atoms with Crippen LogP contribution < -0.4 is 0 Å². The lowest BCUT2D eigenvalue weighted by Gasteiger charge is -2.32. The van der Waals surface area contributed by atoms with Crippen molar-refractivity contribution in [3.63, 3.8) is 0 Å². The summed E-state index contributed by atoms with van der Waals surface area (Å²) in [6.45, 7) is 2.94. The first-order valence-electron chi connectivity index (χ1n) is 4.78. The molecule has 1 spiro atoms. The summed E-state index contributed by atoms with van der Waals surface area (Å²) >= 11 is 0. The maximum absolute atomic E-state index is 10.7. The third-order valence-electron chi connectivity index (χ3n) is 3.11. The van der Waals surface area contributed by atoms with Crippen molar-refractivity contribution in [1.82, 2.24) is 4.90 Å². The van der Waals surface area contributed by atoms with Crippen LogP contribution >= 0.6 is 0 Å². The highest BCUT2D eigenvalue weighted by atomic mass is 16.5. The molecule has 2 rings (SSSR count). The number of amides is 1. The molecule has 2 heterocycles. The predicted octanol–water partition coefficient (Wildman–Crippen LogP) is 1.17. The van der Waals surface area contributed by atoms with Gasteiger partial charge in [0, 0.05) is 25.1 Å². The fraction of sp³-hybridized carbons (Fsp3) is 0.889. The van der Waals surface area contributed by atoms with Gasteiger partial charge in [-0.3, -0.25) is 0 Å².